The Morgan fingerprint density at radius 3 is 2.41 bits per heavy atom. The van der Waals surface area contributed by atoms with Gasteiger partial charge in [0.1, 0.15) is 0 Å². The van der Waals surface area contributed by atoms with E-state index in [1.165, 1.54) is 5.56 Å². The van der Waals surface area contributed by atoms with Crippen LogP contribution in [0.15, 0.2) is 30.3 Å². The molecule has 0 N–H and O–H groups in total. The van der Waals surface area contributed by atoms with Gasteiger partial charge in [0.05, 0.1) is 13.2 Å². The zero-order chi connectivity index (χ0) is 15.4. The summed E-state index contributed by atoms with van der Waals surface area (Å²) in [6.45, 7) is 3.10. The van der Waals surface area contributed by atoms with Crippen LogP contribution in [0.25, 0.3) is 0 Å². The minimum Gasteiger partial charge on any atom is -0.379 e. The van der Waals surface area contributed by atoms with Gasteiger partial charge in [-0.3, -0.25) is 0 Å². The molecule has 2 heterocycles. The summed E-state index contributed by atoms with van der Waals surface area (Å²) >= 11 is 1.85. The Kier molecular flexibility index (Phi) is 5.41. The molecule has 0 aliphatic carbocycles. The van der Waals surface area contributed by atoms with E-state index in [9.17, 15) is 8.42 Å². The van der Waals surface area contributed by atoms with Crippen molar-refractivity contribution in [3.63, 3.8) is 0 Å². The van der Waals surface area contributed by atoms with Crippen molar-refractivity contribution >= 4 is 22.0 Å². The van der Waals surface area contributed by atoms with Gasteiger partial charge in [0.2, 0.25) is 0 Å². The smallest absolute Gasteiger partial charge is 0.282 e. The first-order chi connectivity index (χ1) is 10.7. The van der Waals surface area contributed by atoms with Gasteiger partial charge in [0.15, 0.2) is 0 Å². The second kappa shape index (κ2) is 7.31. The lowest BCUT2D eigenvalue weighted by molar-refractivity contribution is 0.0703. The number of rotatable bonds is 3. The summed E-state index contributed by atoms with van der Waals surface area (Å²) in [5, 5.41) is 0.381. The Balaban J connectivity index is 1.67. The molecule has 3 rings (SSSR count). The Morgan fingerprint density at radius 1 is 1.00 bits per heavy atom. The third-order valence-corrected chi connectivity index (χ3v) is 7.46. The van der Waals surface area contributed by atoms with Crippen LogP contribution in [-0.4, -0.2) is 62.2 Å². The van der Waals surface area contributed by atoms with Crippen LogP contribution < -0.4 is 0 Å². The van der Waals surface area contributed by atoms with Gasteiger partial charge < -0.3 is 4.74 Å². The van der Waals surface area contributed by atoms with Gasteiger partial charge in [-0.25, -0.2) is 0 Å². The van der Waals surface area contributed by atoms with Crippen LogP contribution >= 0.6 is 11.8 Å². The third-order valence-electron chi connectivity index (χ3n) is 4.09. The molecule has 0 radical (unpaired) electrons. The van der Waals surface area contributed by atoms with Gasteiger partial charge in [-0.2, -0.15) is 28.8 Å². The largest absolute Gasteiger partial charge is 0.379 e. The fourth-order valence-electron chi connectivity index (χ4n) is 2.86. The van der Waals surface area contributed by atoms with Gasteiger partial charge in [0.25, 0.3) is 10.2 Å². The number of thioether (sulfide) groups is 1. The molecule has 22 heavy (non-hydrogen) atoms. The Morgan fingerprint density at radius 2 is 1.68 bits per heavy atom. The molecule has 1 aromatic rings. The van der Waals surface area contributed by atoms with E-state index in [-0.39, 0.29) is 0 Å². The van der Waals surface area contributed by atoms with Crippen molar-refractivity contribution in [3.05, 3.63) is 35.9 Å². The molecule has 2 aliphatic rings. The maximum absolute atomic E-state index is 12.7. The number of morpholine rings is 1. The maximum atomic E-state index is 12.7. The van der Waals surface area contributed by atoms with Crippen LogP contribution in [0.5, 0.6) is 0 Å². The first kappa shape index (κ1) is 16.3. The second-order valence-electron chi connectivity index (χ2n) is 5.48. The minimum absolute atomic E-state index is 0.381. The van der Waals surface area contributed by atoms with Crippen molar-refractivity contribution < 1.29 is 13.2 Å². The average Bonchev–Trinajstić information content (AvgIpc) is 2.83. The summed E-state index contributed by atoms with van der Waals surface area (Å²) in [5.41, 5.74) is 1.29. The number of nitrogens with zero attached hydrogens (tertiary/aromatic N) is 2. The van der Waals surface area contributed by atoms with Crippen LogP contribution in [0.4, 0.5) is 0 Å². The summed E-state index contributed by atoms with van der Waals surface area (Å²) in [6, 6.07) is 10.4. The van der Waals surface area contributed by atoms with Crippen LogP contribution in [0.1, 0.15) is 17.2 Å². The fraction of sp³-hybridized carbons (Fsp3) is 0.600. The number of benzene rings is 1. The van der Waals surface area contributed by atoms with Crippen molar-refractivity contribution in [3.8, 4) is 0 Å². The molecule has 2 aliphatic heterocycles. The zero-order valence-electron chi connectivity index (χ0n) is 12.6. The Hall–Kier alpha value is -0.600. The molecule has 7 heteroatoms. The highest BCUT2D eigenvalue weighted by molar-refractivity contribution is 7.99. The first-order valence-corrected chi connectivity index (χ1v) is 10.1. The van der Waals surface area contributed by atoms with Gasteiger partial charge in [-0.05, 0) is 12.0 Å². The van der Waals surface area contributed by atoms with E-state index in [0.717, 1.165) is 12.2 Å². The van der Waals surface area contributed by atoms with Gasteiger partial charge in [0, 0.05) is 37.2 Å². The normalized spacial score (nSPS) is 25.7. The van der Waals surface area contributed by atoms with Gasteiger partial charge in [-0.15, -0.1) is 0 Å². The topological polar surface area (TPSA) is 49.9 Å². The minimum atomic E-state index is -3.34. The van der Waals surface area contributed by atoms with E-state index in [1.807, 2.05) is 30.0 Å². The highest BCUT2D eigenvalue weighted by Gasteiger charge is 2.32. The molecule has 0 amide bonds. The van der Waals surface area contributed by atoms with Gasteiger partial charge >= 0.3 is 0 Å². The molecule has 2 fully saturated rings. The predicted molar refractivity (Wildman–Crippen MR) is 89.1 cm³/mol. The van der Waals surface area contributed by atoms with Crippen LogP contribution in [0, 0.1) is 0 Å². The molecular weight excluding hydrogens is 320 g/mol. The summed E-state index contributed by atoms with van der Waals surface area (Å²) < 4.78 is 33.9. The highest BCUT2D eigenvalue weighted by Crippen LogP contribution is 2.35. The molecule has 0 aromatic heterocycles. The standard InChI is InChI=1S/C15H22N2O3S2/c18-22(19,17-8-11-20-12-9-17)16-7-6-15(21-13-10-16)14-4-2-1-3-5-14/h1-5,15H,6-13H2. The van der Waals surface area contributed by atoms with E-state index in [0.29, 0.717) is 44.6 Å². The Labute approximate surface area is 136 Å². The molecule has 1 aromatic carbocycles. The quantitative estimate of drug-likeness (QED) is 0.840. The summed E-state index contributed by atoms with van der Waals surface area (Å²) in [5.74, 6) is 0.836. The van der Waals surface area contributed by atoms with E-state index in [4.69, 9.17) is 4.74 Å². The molecule has 0 bridgehead atoms. The van der Waals surface area contributed by atoms with Gasteiger partial charge in [-0.1, -0.05) is 30.3 Å². The summed E-state index contributed by atoms with van der Waals surface area (Å²) in [4.78, 5) is 0. The van der Waals surface area contributed by atoms with Crippen molar-refractivity contribution in [2.24, 2.45) is 0 Å². The lowest BCUT2D eigenvalue weighted by Gasteiger charge is -2.31. The van der Waals surface area contributed by atoms with Crippen molar-refractivity contribution in [1.82, 2.24) is 8.61 Å². The van der Waals surface area contributed by atoms with Crippen molar-refractivity contribution in [2.75, 3.05) is 45.1 Å². The molecule has 0 saturated carbocycles. The fourth-order valence-corrected chi connectivity index (χ4v) is 5.80. The molecule has 5 nitrogen and oxygen atoms in total. The van der Waals surface area contributed by atoms with Crippen LogP contribution in [-0.2, 0) is 14.9 Å². The number of hydrogen-bond donors (Lipinski definition) is 0. The van der Waals surface area contributed by atoms with Crippen molar-refractivity contribution in [2.45, 2.75) is 11.7 Å². The van der Waals surface area contributed by atoms with E-state index < -0.39 is 10.2 Å². The number of hydrogen-bond acceptors (Lipinski definition) is 4. The van der Waals surface area contributed by atoms with E-state index in [1.54, 1.807) is 8.61 Å². The SMILES string of the molecule is O=S(=O)(N1CCOCC1)N1CCSC(c2ccccc2)CC1. The Bertz CT molecular complexity index is 574. The summed E-state index contributed by atoms with van der Waals surface area (Å²) in [6.07, 6.45) is 0.859. The van der Waals surface area contributed by atoms with E-state index >= 15 is 0 Å². The van der Waals surface area contributed by atoms with Crippen LogP contribution in [0.3, 0.4) is 0 Å². The first-order valence-electron chi connectivity index (χ1n) is 7.67. The van der Waals surface area contributed by atoms with Crippen LogP contribution in [0.2, 0.25) is 0 Å². The molecule has 0 spiro atoms. The lowest BCUT2D eigenvalue weighted by Crippen LogP contribution is -2.49. The predicted octanol–water partition coefficient (Wildman–Crippen LogP) is 1.74. The average molecular weight is 342 g/mol. The third kappa shape index (κ3) is 3.65. The molecule has 1 atom stereocenters. The second-order valence-corrected chi connectivity index (χ2v) is 8.72. The lowest BCUT2D eigenvalue weighted by atomic mass is 10.1. The molecule has 122 valence electrons. The summed E-state index contributed by atoms with van der Waals surface area (Å²) in [7, 11) is -3.34. The molecule has 1 unspecified atom stereocenters. The van der Waals surface area contributed by atoms with Crippen molar-refractivity contribution in [1.29, 1.82) is 0 Å². The highest BCUT2D eigenvalue weighted by atomic mass is 32.2. The zero-order valence-corrected chi connectivity index (χ0v) is 14.2. The molecular formula is C15H22N2O3S2. The monoisotopic (exact) mass is 342 g/mol. The molecule has 2 saturated heterocycles. The van der Waals surface area contributed by atoms with E-state index in [2.05, 4.69) is 12.1 Å². The maximum Gasteiger partial charge on any atom is 0.282 e. The number of ether oxygens (including phenoxy) is 1.